The lowest BCUT2D eigenvalue weighted by Gasteiger charge is -2.11. The van der Waals surface area contributed by atoms with Crippen molar-refractivity contribution in [3.05, 3.63) is 48.3 Å². The highest BCUT2D eigenvalue weighted by Crippen LogP contribution is 2.26. The molecule has 0 saturated carbocycles. The topological polar surface area (TPSA) is 73.6 Å². The van der Waals surface area contributed by atoms with Gasteiger partial charge in [-0.05, 0) is 24.3 Å². The molecule has 0 aromatic heterocycles. The van der Waals surface area contributed by atoms with Crippen molar-refractivity contribution >= 4 is 17.3 Å². The Bertz CT molecular complexity index is 647. The second-order valence-electron chi connectivity index (χ2n) is 4.23. The van der Waals surface area contributed by atoms with Crippen molar-refractivity contribution in [1.29, 1.82) is 0 Å². The first-order valence-corrected chi connectivity index (χ1v) is 6.21. The van der Waals surface area contributed by atoms with E-state index >= 15 is 0 Å². The third kappa shape index (κ3) is 3.85. The molecule has 0 aliphatic carbocycles. The van der Waals surface area contributed by atoms with Crippen LogP contribution in [0.3, 0.4) is 0 Å². The number of nitrogen functional groups attached to an aromatic ring is 1. The van der Waals surface area contributed by atoms with Crippen LogP contribution in [0.5, 0.6) is 11.5 Å². The average Bonchev–Trinajstić information content (AvgIpc) is 2.48. The molecule has 1 amide bonds. The minimum absolute atomic E-state index is 0.0249. The molecule has 2 aromatic rings. The summed E-state index contributed by atoms with van der Waals surface area (Å²) in [7, 11) is 1.47. The number of benzene rings is 2. The molecule has 6 heteroatoms. The van der Waals surface area contributed by atoms with Crippen molar-refractivity contribution in [2.75, 3.05) is 24.8 Å². The maximum atomic E-state index is 13.3. The van der Waals surface area contributed by atoms with Gasteiger partial charge in [-0.2, -0.15) is 0 Å². The Morgan fingerprint density at radius 3 is 2.71 bits per heavy atom. The number of carbonyl (C=O) groups excluding carboxylic acids is 1. The zero-order valence-electron chi connectivity index (χ0n) is 11.4. The standard InChI is InChI=1S/C15H15FN2O3/c1-20-14-8-10(17)6-7-12(14)18-15(19)9-21-13-5-3-2-4-11(13)16/h2-8H,9,17H2,1H3,(H,18,19). The maximum absolute atomic E-state index is 13.3. The highest BCUT2D eigenvalue weighted by atomic mass is 19.1. The summed E-state index contributed by atoms with van der Waals surface area (Å²) in [5.41, 5.74) is 6.61. The van der Waals surface area contributed by atoms with Gasteiger partial charge in [-0.3, -0.25) is 4.79 Å². The van der Waals surface area contributed by atoms with Crippen molar-refractivity contribution < 1.29 is 18.7 Å². The molecule has 2 aromatic carbocycles. The van der Waals surface area contributed by atoms with E-state index in [9.17, 15) is 9.18 Å². The van der Waals surface area contributed by atoms with Gasteiger partial charge in [0.25, 0.3) is 5.91 Å². The summed E-state index contributed by atoms with van der Waals surface area (Å²) < 4.78 is 23.6. The molecular formula is C15H15FN2O3. The van der Waals surface area contributed by atoms with Gasteiger partial charge in [-0.1, -0.05) is 12.1 Å². The summed E-state index contributed by atoms with van der Waals surface area (Å²) in [5, 5.41) is 2.61. The number of anilines is 2. The van der Waals surface area contributed by atoms with E-state index in [0.29, 0.717) is 17.1 Å². The molecule has 0 fully saturated rings. The molecule has 0 unspecified atom stereocenters. The van der Waals surface area contributed by atoms with E-state index in [1.807, 2.05) is 0 Å². The lowest BCUT2D eigenvalue weighted by atomic mass is 10.2. The van der Waals surface area contributed by atoms with Gasteiger partial charge in [0.2, 0.25) is 0 Å². The minimum atomic E-state index is -0.518. The lowest BCUT2D eigenvalue weighted by Crippen LogP contribution is -2.20. The van der Waals surface area contributed by atoms with E-state index in [1.165, 1.54) is 19.2 Å². The quantitative estimate of drug-likeness (QED) is 0.829. The molecule has 0 atom stereocenters. The fraction of sp³-hybridized carbons (Fsp3) is 0.133. The van der Waals surface area contributed by atoms with Crippen molar-refractivity contribution in [1.82, 2.24) is 0 Å². The van der Waals surface area contributed by atoms with Crippen LogP contribution in [0.1, 0.15) is 0 Å². The smallest absolute Gasteiger partial charge is 0.262 e. The molecule has 0 heterocycles. The second kappa shape index (κ2) is 6.60. The molecule has 2 rings (SSSR count). The van der Waals surface area contributed by atoms with Gasteiger partial charge >= 0.3 is 0 Å². The summed E-state index contributed by atoms with van der Waals surface area (Å²) in [4.78, 5) is 11.8. The molecule has 0 radical (unpaired) electrons. The van der Waals surface area contributed by atoms with Crippen molar-refractivity contribution in [3.8, 4) is 11.5 Å². The number of hydrogen-bond donors (Lipinski definition) is 2. The Kier molecular flexibility index (Phi) is 4.61. The molecule has 0 aliphatic rings. The Morgan fingerprint density at radius 1 is 1.24 bits per heavy atom. The van der Waals surface area contributed by atoms with Crippen LogP contribution < -0.4 is 20.5 Å². The van der Waals surface area contributed by atoms with Gasteiger partial charge in [0.1, 0.15) is 5.75 Å². The lowest BCUT2D eigenvalue weighted by molar-refractivity contribution is -0.118. The predicted molar refractivity (Wildman–Crippen MR) is 77.9 cm³/mol. The van der Waals surface area contributed by atoms with E-state index in [4.69, 9.17) is 15.2 Å². The van der Waals surface area contributed by atoms with Crippen LogP contribution in [0.2, 0.25) is 0 Å². The first-order valence-electron chi connectivity index (χ1n) is 6.21. The molecule has 5 nitrogen and oxygen atoms in total. The van der Waals surface area contributed by atoms with E-state index in [2.05, 4.69) is 5.32 Å². The van der Waals surface area contributed by atoms with Gasteiger partial charge in [0, 0.05) is 11.8 Å². The second-order valence-corrected chi connectivity index (χ2v) is 4.23. The molecule has 0 aliphatic heterocycles. The molecule has 0 bridgehead atoms. The van der Waals surface area contributed by atoms with Crippen LogP contribution in [0.4, 0.5) is 15.8 Å². The molecule has 110 valence electrons. The number of ether oxygens (including phenoxy) is 2. The van der Waals surface area contributed by atoms with Crippen LogP contribution in [-0.2, 0) is 4.79 Å². The fourth-order valence-electron chi connectivity index (χ4n) is 1.70. The van der Waals surface area contributed by atoms with E-state index in [-0.39, 0.29) is 12.4 Å². The van der Waals surface area contributed by atoms with Crippen molar-refractivity contribution in [2.45, 2.75) is 0 Å². The Balaban J connectivity index is 1.98. The van der Waals surface area contributed by atoms with Crippen molar-refractivity contribution in [2.24, 2.45) is 0 Å². The number of methoxy groups -OCH3 is 1. The number of nitrogens with one attached hydrogen (secondary N) is 1. The SMILES string of the molecule is COc1cc(N)ccc1NC(=O)COc1ccccc1F. The highest BCUT2D eigenvalue weighted by Gasteiger charge is 2.10. The van der Waals surface area contributed by atoms with Crippen molar-refractivity contribution in [3.63, 3.8) is 0 Å². The Hall–Kier alpha value is -2.76. The summed E-state index contributed by atoms with van der Waals surface area (Å²) in [6.45, 7) is -0.311. The summed E-state index contributed by atoms with van der Waals surface area (Å²) >= 11 is 0. The number of rotatable bonds is 5. The van der Waals surface area contributed by atoms with Gasteiger partial charge in [-0.15, -0.1) is 0 Å². The predicted octanol–water partition coefficient (Wildman–Crippen LogP) is 2.43. The molecular weight excluding hydrogens is 275 g/mol. The van der Waals surface area contributed by atoms with Gasteiger partial charge in [-0.25, -0.2) is 4.39 Å². The number of halogens is 1. The monoisotopic (exact) mass is 290 g/mol. The van der Waals surface area contributed by atoms with Crippen LogP contribution in [0.25, 0.3) is 0 Å². The summed E-state index contributed by atoms with van der Waals surface area (Å²) in [5.74, 6) is -0.483. The normalized spacial score (nSPS) is 10.0. The van der Waals surface area contributed by atoms with Gasteiger partial charge in [0.15, 0.2) is 18.2 Å². The van der Waals surface area contributed by atoms with Gasteiger partial charge < -0.3 is 20.5 Å². The van der Waals surface area contributed by atoms with Gasteiger partial charge in [0.05, 0.1) is 12.8 Å². The molecule has 0 spiro atoms. The minimum Gasteiger partial charge on any atom is -0.494 e. The number of hydrogen-bond acceptors (Lipinski definition) is 4. The third-order valence-corrected chi connectivity index (χ3v) is 2.70. The number of nitrogens with two attached hydrogens (primary N) is 1. The van der Waals surface area contributed by atoms with E-state index in [1.54, 1.807) is 30.3 Å². The Labute approximate surface area is 121 Å². The fourth-order valence-corrected chi connectivity index (χ4v) is 1.70. The molecule has 0 saturated heterocycles. The van der Waals surface area contributed by atoms with Crippen LogP contribution in [-0.4, -0.2) is 19.6 Å². The van der Waals surface area contributed by atoms with Crippen LogP contribution in [0.15, 0.2) is 42.5 Å². The number of carbonyl (C=O) groups is 1. The van der Waals surface area contributed by atoms with E-state index < -0.39 is 11.7 Å². The average molecular weight is 290 g/mol. The first-order chi connectivity index (χ1) is 10.1. The van der Waals surface area contributed by atoms with E-state index in [0.717, 1.165) is 0 Å². The highest BCUT2D eigenvalue weighted by molar-refractivity contribution is 5.93. The number of amides is 1. The summed E-state index contributed by atoms with van der Waals surface area (Å²) in [6.07, 6.45) is 0. The van der Waals surface area contributed by atoms with Crippen LogP contribution >= 0.6 is 0 Å². The first kappa shape index (κ1) is 14.6. The number of para-hydroxylation sites is 1. The zero-order valence-corrected chi connectivity index (χ0v) is 11.4. The maximum Gasteiger partial charge on any atom is 0.262 e. The zero-order chi connectivity index (χ0) is 15.2. The third-order valence-electron chi connectivity index (χ3n) is 2.70. The molecule has 21 heavy (non-hydrogen) atoms. The summed E-state index contributed by atoms with van der Waals surface area (Å²) in [6, 6.07) is 10.7. The largest absolute Gasteiger partial charge is 0.494 e. The van der Waals surface area contributed by atoms with Crippen LogP contribution in [0, 0.1) is 5.82 Å². The molecule has 3 N–H and O–H groups in total. The Morgan fingerprint density at radius 2 is 2.00 bits per heavy atom.